The number of hydrogen-bond donors (Lipinski definition) is 3. The van der Waals surface area contributed by atoms with E-state index in [1.807, 2.05) is 42.5 Å². The van der Waals surface area contributed by atoms with Crippen LogP contribution in [0.15, 0.2) is 164 Å². The van der Waals surface area contributed by atoms with Gasteiger partial charge in [-0.15, -0.1) is 0 Å². The Morgan fingerprint density at radius 2 is 0.750 bits per heavy atom. The quantitative estimate of drug-likeness (QED) is 0.170. The fraction of sp³-hybridized carbons (Fsp3) is 0.0811. The van der Waals surface area contributed by atoms with Crippen LogP contribution < -0.4 is 16.0 Å². The van der Waals surface area contributed by atoms with Crippen LogP contribution in [0, 0.1) is 5.92 Å². The van der Waals surface area contributed by atoms with E-state index in [1.54, 1.807) is 0 Å². The molecule has 0 radical (unpaired) electrons. The molecule has 0 spiro atoms. The predicted molar refractivity (Wildman–Crippen MR) is 170 cm³/mol. The standard InChI is InChI=1S/C37H33N3/c1-4-10-31(11-5-1)38-34-22-16-28(17-23-34)37(29-18-24-35(25-19-29)39-32-12-6-2-7-13-32)30-20-26-36(27-21-30)40-33-14-8-3-9-15-33/h1-28,34,37-40H. The summed E-state index contributed by atoms with van der Waals surface area (Å²) in [5.74, 6) is 0.441. The van der Waals surface area contributed by atoms with Crippen molar-refractivity contribution in [1.29, 1.82) is 0 Å². The van der Waals surface area contributed by atoms with Crippen molar-refractivity contribution in [2.24, 2.45) is 5.92 Å². The molecule has 0 saturated heterocycles. The Kier molecular flexibility index (Phi) is 7.72. The molecule has 1 aliphatic carbocycles. The van der Waals surface area contributed by atoms with Crippen molar-refractivity contribution < 1.29 is 0 Å². The van der Waals surface area contributed by atoms with Gasteiger partial charge in [-0.2, -0.15) is 0 Å². The van der Waals surface area contributed by atoms with Crippen molar-refractivity contribution in [3.63, 3.8) is 0 Å². The van der Waals surface area contributed by atoms with Gasteiger partial charge in [0.2, 0.25) is 0 Å². The average molecular weight is 520 g/mol. The molecule has 1 aliphatic rings. The molecule has 0 saturated carbocycles. The Morgan fingerprint density at radius 3 is 1.18 bits per heavy atom. The minimum Gasteiger partial charge on any atom is -0.375 e. The smallest absolute Gasteiger partial charge is 0.0629 e. The third kappa shape index (κ3) is 6.33. The van der Waals surface area contributed by atoms with Crippen LogP contribution in [0.3, 0.4) is 0 Å². The molecule has 3 heteroatoms. The zero-order valence-electron chi connectivity index (χ0n) is 22.3. The molecule has 6 rings (SSSR count). The van der Waals surface area contributed by atoms with Gasteiger partial charge in [0.25, 0.3) is 0 Å². The molecule has 40 heavy (non-hydrogen) atoms. The van der Waals surface area contributed by atoms with Crippen LogP contribution in [-0.2, 0) is 0 Å². The van der Waals surface area contributed by atoms with Crippen molar-refractivity contribution in [3.05, 3.63) is 175 Å². The first kappa shape index (κ1) is 25.3. The highest BCUT2D eigenvalue weighted by molar-refractivity contribution is 5.62. The molecule has 0 unspecified atom stereocenters. The zero-order valence-corrected chi connectivity index (χ0v) is 22.3. The first-order valence-electron chi connectivity index (χ1n) is 13.8. The number of benzene rings is 5. The molecule has 0 fully saturated rings. The number of anilines is 5. The summed E-state index contributed by atoms with van der Waals surface area (Å²) in [5.41, 5.74) is 8.04. The van der Waals surface area contributed by atoms with Gasteiger partial charge in [0.15, 0.2) is 0 Å². The molecular weight excluding hydrogens is 486 g/mol. The largest absolute Gasteiger partial charge is 0.375 e. The molecule has 0 atom stereocenters. The minimum absolute atomic E-state index is 0.175. The van der Waals surface area contributed by atoms with Crippen LogP contribution in [0.2, 0.25) is 0 Å². The highest BCUT2D eigenvalue weighted by Crippen LogP contribution is 2.37. The highest BCUT2D eigenvalue weighted by atomic mass is 14.9. The lowest BCUT2D eigenvalue weighted by molar-refractivity contribution is 0.672. The summed E-state index contributed by atoms with van der Waals surface area (Å²) in [6.07, 6.45) is 9.25. The van der Waals surface area contributed by atoms with Gasteiger partial charge in [0.1, 0.15) is 0 Å². The van der Waals surface area contributed by atoms with Gasteiger partial charge in [0, 0.05) is 40.3 Å². The molecule has 3 nitrogen and oxygen atoms in total. The fourth-order valence-electron chi connectivity index (χ4n) is 5.23. The van der Waals surface area contributed by atoms with Gasteiger partial charge in [0.05, 0.1) is 6.04 Å². The van der Waals surface area contributed by atoms with Gasteiger partial charge < -0.3 is 16.0 Å². The van der Waals surface area contributed by atoms with Crippen LogP contribution >= 0.6 is 0 Å². The summed E-state index contributed by atoms with van der Waals surface area (Å²) in [6.45, 7) is 0. The second-order valence-electron chi connectivity index (χ2n) is 10.1. The van der Waals surface area contributed by atoms with E-state index in [9.17, 15) is 0 Å². The second kappa shape index (κ2) is 12.2. The number of para-hydroxylation sites is 3. The fourth-order valence-corrected chi connectivity index (χ4v) is 5.23. The van der Waals surface area contributed by atoms with Crippen molar-refractivity contribution in [2.45, 2.75) is 12.0 Å². The molecule has 196 valence electrons. The Labute approximate surface area is 236 Å². The van der Waals surface area contributed by atoms with Gasteiger partial charge in [-0.1, -0.05) is 103 Å². The van der Waals surface area contributed by atoms with Crippen molar-refractivity contribution >= 4 is 28.4 Å². The molecule has 0 amide bonds. The van der Waals surface area contributed by atoms with Crippen molar-refractivity contribution in [1.82, 2.24) is 0 Å². The summed E-state index contributed by atoms with van der Waals surface area (Å²) < 4.78 is 0. The maximum atomic E-state index is 3.59. The molecule has 3 N–H and O–H groups in total. The third-order valence-electron chi connectivity index (χ3n) is 7.24. The van der Waals surface area contributed by atoms with Gasteiger partial charge >= 0.3 is 0 Å². The summed E-state index contributed by atoms with van der Waals surface area (Å²) >= 11 is 0. The number of allylic oxidation sites excluding steroid dienone is 2. The van der Waals surface area contributed by atoms with Gasteiger partial charge in [-0.05, 0) is 71.8 Å². The Hall–Kier alpha value is -5.02. The highest BCUT2D eigenvalue weighted by Gasteiger charge is 2.24. The van der Waals surface area contributed by atoms with E-state index in [1.165, 1.54) is 11.1 Å². The third-order valence-corrected chi connectivity index (χ3v) is 7.24. The lowest BCUT2D eigenvalue weighted by Gasteiger charge is -2.27. The zero-order chi connectivity index (χ0) is 27.0. The second-order valence-corrected chi connectivity index (χ2v) is 10.1. The molecule has 0 heterocycles. The number of rotatable bonds is 9. The maximum absolute atomic E-state index is 3.59. The van der Waals surface area contributed by atoms with E-state index >= 15 is 0 Å². The SMILES string of the molecule is C1=CC(C(c2ccc(Nc3ccccc3)cc2)c2ccc(Nc3ccccc3)cc2)C=CC1Nc1ccccc1. The predicted octanol–water partition coefficient (Wildman–Crippen LogP) is 9.53. The summed E-state index contributed by atoms with van der Waals surface area (Å²) in [5, 5.41) is 10.6. The molecule has 5 aromatic rings. The summed E-state index contributed by atoms with van der Waals surface area (Å²) in [6, 6.07) is 48.8. The molecule has 0 aromatic heterocycles. The number of nitrogens with one attached hydrogen (secondary N) is 3. The topological polar surface area (TPSA) is 36.1 Å². The lowest BCUT2D eigenvalue weighted by atomic mass is 9.78. The van der Waals surface area contributed by atoms with Crippen molar-refractivity contribution in [2.75, 3.05) is 16.0 Å². The van der Waals surface area contributed by atoms with Crippen LogP contribution in [-0.4, -0.2) is 6.04 Å². The Bertz CT molecular complexity index is 1440. The Balaban J connectivity index is 1.24. The van der Waals surface area contributed by atoms with Crippen LogP contribution in [0.25, 0.3) is 0 Å². The van der Waals surface area contributed by atoms with E-state index in [0.717, 1.165) is 28.4 Å². The normalized spacial score (nSPS) is 16.0. The van der Waals surface area contributed by atoms with Crippen LogP contribution in [0.1, 0.15) is 17.0 Å². The maximum Gasteiger partial charge on any atom is 0.0629 e. The van der Waals surface area contributed by atoms with E-state index in [4.69, 9.17) is 0 Å². The van der Waals surface area contributed by atoms with E-state index in [-0.39, 0.29) is 17.9 Å². The van der Waals surface area contributed by atoms with Gasteiger partial charge in [-0.3, -0.25) is 0 Å². The number of hydrogen-bond acceptors (Lipinski definition) is 3. The molecule has 0 aliphatic heterocycles. The van der Waals surface area contributed by atoms with E-state index in [0.29, 0.717) is 0 Å². The van der Waals surface area contributed by atoms with E-state index in [2.05, 4.69) is 137 Å². The Morgan fingerprint density at radius 1 is 0.375 bits per heavy atom. The summed E-state index contributed by atoms with van der Waals surface area (Å²) in [4.78, 5) is 0. The van der Waals surface area contributed by atoms with E-state index < -0.39 is 0 Å². The monoisotopic (exact) mass is 519 g/mol. The molecular formula is C37H33N3. The van der Waals surface area contributed by atoms with Crippen molar-refractivity contribution in [3.8, 4) is 0 Å². The lowest BCUT2D eigenvalue weighted by Crippen LogP contribution is -2.20. The average Bonchev–Trinajstić information content (AvgIpc) is 3.01. The molecule has 5 aromatic carbocycles. The van der Waals surface area contributed by atoms with Crippen LogP contribution in [0.4, 0.5) is 28.4 Å². The van der Waals surface area contributed by atoms with Gasteiger partial charge in [-0.25, -0.2) is 0 Å². The molecule has 0 bridgehead atoms. The van der Waals surface area contributed by atoms with Crippen LogP contribution in [0.5, 0.6) is 0 Å². The summed E-state index contributed by atoms with van der Waals surface area (Å²) in [7, 11) is 0. The first-order chi connectivity index (χ1) is 19.8. The first-order valence-corrected chi connectivity index (χ1v) is 13.8. The minimum atomic E-state index is 0.175.